The molecule has 1 aromatic heterocycles. The minimum atomic E-state index is 0.322. The second-order valence-corrected chi connectivity index (χ2v) is 8.43. The Morgan fingerprint density at radius 3 is 2.56 bits per heavy atom. The van der Waals surface area contributed by atoms with Crippen molar-refractivity contribution in [2.24, 2.45) is 7.05 Å². The number of nitrogens with zero attached hydrogens (tertiary/aromatic N) is 2. The summed E-state index contributed by atoms with van der Waals surface area (Å²) in [5.41, 5.74) is 1.07. The Morgan fingerprint density at radius 1 is 1.24 bits per heavy atom. The van der Waals surface area contributed by atoms with Crippen molar-refractivity contribution in [2.75, 3.05) is 0 Å². The molecule has 6 heteroatoms. The van der Waals surface area contributed by atoms with E-state index in [-0.39, 0.29) is 0 Å². The van der Waals surface area contributed by atoms with E-state index in [9.17, 15) is 0 Å². The first-order valence-corrected chi connectivity index (χ1v) is 10.0. The molecule has 3 rings (SSSR count). The van der Waals surface area contributed by atoms with Crippen molar-refractivity contribution in [3.63, 3.8) is 0 Å². The van der Waals surface area contributed by atoms with Crippen LogP contribution >= 0.6 is 35.0 Å². The van der Waals surface area contributed by atoms with Gasteiger partial charge in [0.1, 0.15) is 17.5 Å². The van der Waals surface area contributed by atoms with Gasteiger partial charge in [0.25, 0.3) is 0 Å². The minimum Gasteiger partial charge on any atom is -0.490 e. The lowest BCUT2D eigenvalue weighted by molar-refractivity contribution is 0.183. The molecule has 1 aromatic carbocycles. The van der Waals surface area contributed by atoms with Crippen LogP contribution < -0.4 is 0 Å². The van der Waals surface area contributed by atoms with E-state index in [0.717, 1.165) is 40.0 Å². The van der Waals surface area contributed by atoms with Gasteiger partial charge < -0.3 is 9.30 Å². The molecule has 134 valence electrons. The first kappa shape index (κ1) is 18.7. The number of allylic oxidation sites excluding steroid dienone is 2. The van der Waals surface area contributed by atoms with Gasteiger partial charge in [0.15, 0.2) is 0 Å². The van der Waals surface area contributed by atoms with Crippen LogP contribution in [0.3, 0.4) is 0 Å². The highest BCUT2D eigenvalue weighted by atomic mass is 35.5. The molecule has 1 heterocycles. The van der Waals surface area contributed by atoms with E-state index in [4.69, 9.17) is 32.9 Å². The fourth-order valence-corrected chi connectivity index (χ4v) is 4.68. The van der Waals surface area contributed by atoms with Crippen LogP contribution in [0.1, 0.15) is 50.5 Å². The van der Waals surface area contributed by atoms with E-state index in [1.54, 1.807) is 17.8 Å². The molecule has 0 N–H and O–H groups in total. The van der Waals surface area contributed by atoms with Crippen LogP contribution in [-0.4, -0.2) is 9.55 Å². The molecule has 0 spiro atoms. The third kappa shape index (κ3) is 4.55. The van der Waals surface area contributed by atoms with Gasteiger partial charge in [-0.25, -0.2) is 4.98 Å². The maximum absolute atomic E-state index is 6.14. The van der Waals surface area contributed by atoms with Gasteiger partial charge in [-0.3, -0.25) is 0 Å². The first-order chi connectivity index (χ1) is 11.9. The van der Waals surface area contributed by atoms with Gasteiger partial charge in [-0.2, -0.15) is 0 Å². The zero-order valence-electron chi connectivity index (χ0n) is 14.7. The minimum absolute atomic E-state index is 0.322. The highest BCUT2D eigenvalue weighted by molar-refractivity contribution is 7.99. The van der Waals surface area contributed by atoms with E-state index in [1.165, 1.54) is 6.42 Å². The van der Waals surface area contributed by atoms with E-state index >= 15 is 0 Å². The Balaban J connectivity index is 1.86. The average molecular weight is 397 g/mol. The topological polar surface area (TPSA) is 27.1 Å². The monoisotopic (exact) mass is 396 g/mol. The molecule has 0 saturated heterocycles. The van der Waals surface area contributed by atoms with Crippen LogP contribution in [0.5, 0.6) is 0 Å². The van der Waals surface area contributed by atoms with Crippen molar-refractivity contribution in [1.29, 1.82) is 0 Å². The third-order valence-corrected chi connectivity index (χ3v) is 5.73. The Bertz CT molecular complexity index is 779. The highest BCUT2D eigenvalue weighted by Crippen LogP contribution is 2.36. The van der Waals surface area contributed by atoms with Crippen LogP contribution in [0.15, 0.2) is 40.0 Å². The predicted octanol–water partition coefficient (Wildman–Crippen LogP) is 6.59. The molecule has 25 heavy (non-hydrogen) atoms. The molecule has 1 aliphatic carbocycles. The average Bonchev–Trinajstić information content (AvgIpc) is 3.14. The van der Waals surface area contributed by atoms with Crippen molar-refractivity contribution in [3.05, 3.63) is 51.6 Å². The largest absolute Gasteiger partial charge is 0.490 e. The zero-order valence-corrected chi connectivity index (χ0v) is 17.0. The Morgan fingerprint density at radius 2 is 1.96 bits per heavy atom. The molecule has 0 bridgehead atoms. The highest BCUT2D eigenvalue weighted by Gasteiger charge is 2.19. The number of hydrogen-bond donors (Lipinski definition) is 0. The quantitative estimate of drug-likeness (QED) is 0.550. The molecule has 0 aliphatic heterocycles. The first-order valence-electron chi connectivity index (χ1n) is 8.45. The van der Waals surface area contributed by atoms with Gasteiger partial charge in [0.05, 0.1) is 11.5 Å². The molecule has 3 nitrogen and oxygen atoms in total. The van der Waals surface area contributed by atoms with Gasteiger partial charge in [-0.15, -0.1) is 0 Å². The maximum Gasteiger partial charge on any atom is 0.147 e. The third-order valence-electron chi connectivity index (χ3n) is 4.14. The fraction of sp³-hybridized carbons (Fsp3) is 0.421. The molecular formula is C19H22Cl2N2OS. The predicted molar refractivity (Wildman–Crippen MR) is 105 cm³/mol. The Hall–Kier alpha value is -1.10. The summed E-state index contributed by atoms with van der Waals surface area (Å²) in [7, 11) is 2.04. The standard InChI is InChI=1S/C19H22Cl2N2OS/c1-12(2)18-19(25-16-9-13(20)8-14(21)10-16)23(3)17(22-18)11-24-15-6-4-5-7-15/h6,8-10,12H,4-5,7,11H2,1-3H3. The molecule has 1 aliphatic rings. The van der Waals surface area contributed by atoms with Crippen molar-refractivity contribution in [2.45, 2.75) is 55.6 Å². The zero-order chi connectivity index (χ0) is 18.0. The molecule has 2 aromatic rings. The smallest absolute Gasteiger partial charge is 0.147 e. The van der Waals surface area contributed by atoms with Gasteiger partial charge in [-0.1, -0.05) is 48.8 Å². The van der Waals surface area contributed by atoms with Gasteiger partial charge in [0.2, 0.25) is 0 Å². The van der Waals surface area contributed by atoms with Crippen molar-refractivity contribution >= 4 is 35.0 Å². The van der Waals surface area contributed by atoms with Crippen molar-refractivity contribution in [3.8, 4) is 0 Å². The number of ether oxygens (including phenoxy) is 1. The maximum atomic E-state index is 6.14. The van der Waals surface area contributed by atoms with Crippen LogP contribution in [0.2, 0.25) is 10.0 Å². The summed E-state index contributed by atoms with van der Waals surface area (Å²) in [4.78, 5) is 5.84. The summed E-state index contributed by atoms with van der Waals surface area (Å²) in [5, 5.41) is 2.38. The number of halogens is 2. The number of imidazole rings is 1. The normalized spacial score (nSPS) is 14.2. The summed E-state index contributed by atoms with van der Waals surface area (Å²) >= 11 is 13.9. The fourth-order valence-electron chi connectivity index (χ4n) is 2.81. The summed E-state index contributed by atoms with van der Waals surface area (Å²) in [5.74, 6) is 2.35. The number of benzene rings is 1. The number of aromatic nitrogens is 2. The van der Waals surface area contributed by atoms with E-state index < -0.39 is 0 Å². The molecule has 0 amide bonds. The van der Waals surface area contributed by atoms with Gasteiger partial charge in [-0.05, 0) is 43.0 Å². The molecule has 0 fully saturated rings. The summed E-state index contributed by atoms with van der Waals surface area (Å²) in [6.07, 6.45) is 5.51. The van der Waals surface area contributed by atoms with Crippen molar-refractivity contribution < 1.29 is 4.74 Å². The molecule has 0 unspecified atom stereocenters. The Kier molecular flexibility index (Phi) is 6.03. The van der Waals surface area contributed by atoms with Crippen LogP contribution in [0.25, 0.3) is 0 Å². The molecule has 0 radical (unpaired) electrons. The van der Waals surface area contributed by atoms with Gasteiger partial charge in [0, 0.05) is 28.4 Å². The van der Waals surface area contributed by atoms with Crippen LogP contribution in [-0.2, 0) is 18.4 Å². The van der Waals surface area contributed by atoms with Crippen LogP contribution in [0.4, 0.5) is 0 Å². The van der Waals surface area contributed by atoms with E-state index in [2.05, 4.69) is 24.5 Å². The lowest BCUT2D eigenvalue weighted by Gasteiger charge is -2.10. The van der Waals surface area contributed by atoms with E-state index in [0.29, 0.717) is 22.6 Å². The SMILES string of the molecule is CC(C)c1nc(COC2=CCCC2)n(C)c1Sc1cc(Cl)cc(Cl)c1. The van der Waals surface area contributed by atoms with Crippen molar-refractivity contribution in [1.82, 2.24) is 9.55 Å². The molecular weight excluding hydrogens is 375 g/mol. The lowest BCUT2D eigenvalue weighted by Crippen LogP contribution is -2.01. The second kappa shape index (κ2) is 8.07. The second-order valence-electron chi connectivity index (χ2n) is 6.49. The lowest BCUT2D eigenvalue weighted by atomic mass is 10.2. The number of rotatable bonds is 6. The van der Waals surface area contributed by atoms with Crippen LogP contribution in [0, 0.1) is 0 Å². The Labute approximate surface area is 163 Å². The summed E-state index contributed by atoms with van der Waals surface area (Å²) < 4.78 is 8.05. The van der Waals surface area contributed by atoms with Gasteiger partial charge >= 0.3 is 0 Å². The summed E-state index contributed by atoms with van der Waals surface area (Å²) in [6.45, 7) is 4.81. The molecule has 0 saturated carbocycles. The molecule has 0 atom stereocenters. The number of hydrogen-bond acceptors (Lipinski definition) is 3. The van der Waals surface area contributed by atoms with E-state index in [1.807, 2.05) is 19.2 Å². The summed E-state index contributed by atoms with van der Waals surface area (Å²) in [6, 6.07) is 5.60.